The lowest BCUT2D eigenvalue weighted by molar-refractivity contribution is -0.139. The Morgan fingerprint density at radius 1 is 1.38 bits per heavy atom. The molecule has 1 aromatic carbocycles. The van der Waals surface area contributed by atoms with E-state index in [1.165, 1.54) is 18.0 Å². The average Bonchev–Trinajstić information content (AvgIpc) is 3.25. The van der Waals surface area contributed by atoms with Gasteiger partial charge in [-0.25, -0.2) is 4.79 Å². The zero-order valence-corrected chi connectivity index (χ0v) is 17.9. The van der Waals surface area contributed by atoms with Crippen LogP contribution in [0.25, 0.3) is 11.3 Å². The molecule has 0 fully saturated rings. The van der Waals surface area contributed by atoms with Crippen molar-refractivity contribution in [3.63, 3.8) is 0 Å². The Hall–Kier alpha value is -2.16. The molecule has 4 N–H and O–H groups in total. The summed E-state index contributed by atoms with van der Waals surface area (Å²) in [6, 6.07) is 7.91. The van der Waals surface area contributed by atoms with Gasteiger partial charge in [-0.1, -0.05) is 24.3 Å². The summed E-state index contributed by atoms with van der Waals surface area (Å²) in [7, 11) is 0. The van der Waals surface area contributed by atoms with Crippen LogP contribution in [0.1, 0.15) is 22.3 Å². The predicted octanol–water partition coefficient (Wildman–Crippen LogP) is 3.24. The van der Waals surface area contributed by atoms with E-state index in [9.17, 15) is 14.7 Å². The van der Waals surface area contributed by atoms with E-state index < -0.39 is 17.9 Å². The number of hydrogen-bond acceptors (Lipinski definition) is 6. The standard InChI is InChI=1S/C21H26N2O4S2/c1-29-11-9-18(21(25)26)23-20(24)17-12-14(4-2-5-15(22)13-28)7-8-16(17)19-6-3-10-27-19/h2-3,5-8,10,12,15,18,28H,4,9,11,13,22H2,1H3,(H,23,24)(H,25,26)/b5-2+/t15?,18-/m0/s1. The lowest BCUT2D eigenvalue weighted by atomic mass is 9.99. The summed E-state index contributed by atoms with van der Waals surface area (Å²) < 4.78 is 5.46. The molecule has 1 aromatic heterocycles. The van der Waals surface area contributed by atoms with E-state index in [-0.39, 0.29) is 6.04 Å². The maximum absolute atomic E-state index is 12.9. The van der Waals surface area contributed by atoms with Gasteiger partial charge in [-0.05, 0) is 48.6 Å². The SMILES string of the molecule is CSCC[C@H](NC(=O)c1cc(C/C=C/C(N)CS)ccc1-c1ccco1)C(=O)O. The van der Waals surface area contributed by atoms with Gasteiger partial charge in [-0.15, -0.1) is 0 Å². The van der Waals surface area contributed by atoms with Crippen molar-refractivity contribution in [2.24, 2.45) is 5.73 Å². The number of aliphatic carboxylic acids is 1. The number of carboxylic acid groups (broad SMARTS) is 1. The molecular weight excluding hydrogens is 408 g/mol. The van der Waals surface area contributed by atoms with Crippen molar-refractivity contribution in [3.8, 4) is 11.3 Å². The Bertz CT molecular complexity index is 837. The first kappa shape index (κ1) is 23.1. The monoisotopic (exact) mass is 434 g/mol. The van der Waals surface area contributed by atoms with E-state index in [0.717, 1.165) is 5.56 Å². The van der Waals surface area contributed by atoms with Gasteiger partial charge in [0, 0.05) is 17.4 Å². The van der Waals surface area contributed by atoms with Crippen LogP contribution >= 0.6 is 24.4 Å². The van der Waals surface area contributed by atoms with Gasteiger partial charge in [0.05, 0.1) is 11.8 Å². The van der Waals surface area contributed by atoms with Crippen molar-refractivity contribution in [3.05, 3.63) is 59.9 Å². The van der Waals surface area contributed by atoms with Crippen molar-refractivity contribution in [2.45, 2.75) is 24.9 Å². The minimum absolute atomic E-state index is 0.128. The molecule has 156 valence electrons. The fraction of sp³-hybridized carbons (Fsp3) is 0.333. The first-order valence-corrected chi connectivity index (χ1v) is 11.2. The molecule has 0 bridgehead atoms. The maximum atomic E-state index is 12.9. The Morgan fingerprint density at radius 2 is 2.17 bits per heavy atom. The highest BCUT2D eigenvalue weighted by Gasteiger charge is 2.23. The molecule has 0 spiro atoms. The number of carboxylic acids is 1. The van der Waals surface area contributed by atoms with Crippen LogP contribution in [0.15, 0.2) is 53.2 Å². The maximum Gasteiger partial charge on any atom is 0.326 e. The number of thiol groups is 1. The summed E-state index contributed by atoms with van der Waals surface area (Å²) in [4.78, 5) is 24.5. The molecule has 0 saturated carbocycles. The molecule has 2 rings (SSSR count). The number of carbonyl (C=O) groups excluding carboxylic acids is 1. The number of allylic oxidation sites excluding steroid dienone is 1. The minimum Gasteiger partial charge on any atom is -0.480 e. The van der Waals surface area contributed by atoms with Crippen LogP contribution in [0.3, 0.4) is 0 Å². The highest BCUT2D eigenvalue weighted by molar-refractivity contribution is 7.98. The molecule has 0 aliphatic carbocycles. The van der Waals surface area contributed by atoms with Crippen molar-refractivity contribution in [2.75, 3.05) is 17.8 Å². The second-order valence-electron chi connectivity index (χ2n) is 6.48. The fourth-order valence-electron chi connectivity index (χ4n) is 2.72. The number of rotatable bonds is 11. The number of hydrogen-bond donors (Lipinski definition) is 4. The molecule has 6 nitrogen and oxygen atoms in total. The van der Waals surface area contributed by atoms with Crippen molar-refractivity contribution >= 4 is 36.3 Å². The second kappa shape index (κ2) is 11.7. The number of benzene rings is 1. The first-order valence-electron chi connectivity index (χ1n) is 9.18. The topological polar surface area (TPSA) is 106 Å². The summed E-state index contributed by atoms with van der Waals surface area (Å²) >= 11 is 5.68. The number of thioether (sulfide) groups is 1. The van der Waals surface area contributed by atoms with Crippen molar-refractivity contribution in [1.29, 1.82) is 0 Å². The van der Waals surface area contributed by atoms with Gasteiger partial charge in [0.2, 0.25) is 0 Å². The van der Waals surface area contributed by atoms with E-state index in [4.69, 9.17) is 10.2 Å². The summed E-state index contributed by atoms with van der Waals surface area (Å²) in [5, 5.41) is 12.1. The van der Waals surface area contributed by atoms with Crippen LogP contribution < -0.4 is 11.1 Å². The zero-order chi connectivity index (χ0) is 21.2. The summed E-state index contributed by atoms with van der Waals surface area (Å²) in [5.41, 5.74) is 7.72. The molecule has 2 aromatic rings. The minimum atomic E-state index is -1.05. The van der Waals surface area contributed by atoms with Gasteiger partial charge in [0.1, 0.15) is 11.8 Å². The first-order chi connectivity index (χ1) is 14.0. The van der Waals surface area contributed by atoms with E-state index in [0.29, 0.717) is 41.2 Å². The third-order valence-electron chi connectivity index (χ3n) is 4.28. The average molecular weight is 435 g/mol. The van der Waals surface area contributed by atoms with E-state index in [1.54, 1.807) is 18.2 Å². The van der Waals surface area contributed by atoms with Gasteiger partial charge in [0.15, 0.2) is 0 Å². The molecule has 0 radical (unpaired) electrons. The molecule has 0 aliphatic rings. The van der Waals surface area contributed by atoms with E-state index in [2.05, 4.69) is 17.9 Å². The van der Waals surface area contributed by atoms with E-state index in [1.807, 2.05) is 30.5 Å². The van der Waals surface area contributed by atoms with Gasteiger partial charge >= 0.3 is 5.97 Å². The Morgan fingerprint density at radius 3 is 2.79 bits per heavy atom. The van der Waals surface area contributed by atoms with Crippen LogP contribution in [0, 0.1) is 0 Å². The third-order valence-corrected chi connectivity index (χ3v) is 5.34. The molecule has 0 saturated heterocycles. The molecule has 2 atom stereocenters. The lowest BCUT2D eigenvalue weighted by Gasteiger charge is -2.16. The molecule has 8 heteroatoms. The molecule has 1 amide bonds. The summed E-state index contributed by atoms with van der Waals surface area (Å²) in [6.07, 6.45) is 8.17. The van der Waals surface area contributed by atoms with E-state index >= 15 is 0 Å². The molecule has 1 unspecified atom stereocenters. The number of nitrogens with one attached hydrogen (secondary N) is 1. The van der Waals surface area contributed by atoms with Crippen LogP contribution in [-0.4, -0.2) is 46.8 Å². The summed E-state index contributed by atoms with van der Waals surface area (Å²) in [5.74, 6) is 0.243. The van der Waals surface area contributed by atoms with Gasteiger partial charge in [0.25, 0.3) is 5.91 Å². The second-order valence-corrected chi connectivity index (χ2v) is 7.83. The lowest BCUT2D eigenvalue weighted by Crippen LogP contribution is -2.41. The van der Waals surface area contributed by atoms with Crippen LogP contribution in [-0.2, 0) is 11.2 Å². The quantitative estimate of drug-likeness (QED) is 0.320. The van der Waals surface area contributed by atoms with Crippen LogP contribution in [0.2, 0.25) is 0 Å². The largest absolute Gasteiger partial charge is 0.480 e. The normalized spacial score (nSPS) is 13.3. The molecule has 0 aliphatic heterocycles. The zero-order valence-electron chi connectivity index (χ0n) is 16.2. The Balaban J connectivity index is 2.29. The number of furan rings is 1. The van der Waals surface area contributed by atoms with Crippen LogP contribution in [0.4, 0.5) is 0 Å². The molecule has 29 heavy (non-hydrogen) atoms. The summed E-state index contributed by atoms with van der Waals surface area (Å²) in [6.45, 7) is 0. The Kier molecular flexibility index (Phi) is 9.37. The van der Waals surface area contributed by atoms with Crippen LogP contribution in [0.5, 0.6) is 0 Å². The van der Waals surface area contributed by atoms with Gasteiger partial charge < -0.3 is 20.6 Å². The smallest absolute Gasteiger partial charge is 0.326 e. The van der Waals surface area contributed by atoms with Gasteiger partial charge in [-0.3, -0.25) is 4.79 Å². The number of amides is 1. The molecule has 1 heterocycles. The predicted molar refractivity (Wildman–Crippen MR) is 121 cm³/mol. The van der Waals surface area contributed by atoms with Crippen molar-refractivity contribution < 1.29 is 19.1 Å². The highest BCUT2D eigenvalue weighted by Crippen LogP contribution is 2.26. The molecular formula is C21H26N2O4S2. The third kappa shape index (κ3) is 6.99. The number of carbonyl (C=O) groups is 2. The van der Waals surface area contributed by atoms with Crippen molar-refractivity contribution in [1.82, 2.24) is 5.32 Å². The Labute approximate surface area is 180 Å². The highest BCUT2D eigenvalue weighted by atomic mass is 32.2. The number of nitrogens with two attached hydrogens (primary N) is 1. The van der Waals surface area contributed by atoms with Gasteiger partial charge in [-0.2, -0.15) is 24.4 Å². The fourth-order valence-corrected chi connectivity index (χ4v) is 3.31.